The van der Waals surface area contributed by atoms with Gasteiger partial charge in [-0.25, -0.2) is 8.78 Å². The number of piperazine rings is 1. The molecule has 2 aliphatic heterocycles. The van der Waals surface area contributed by atoms with Gasteiger partial charge in [0.25, 0.3) is 6.43 Å². The van der Waals surface area contributed by atoms with Crippen molar-refractivity contribution in [2.45, 2.75) is 57.8 Å². The quantitative estimate of drug-likeness (QED) is 0.275. The first-order chi connectivity index (χ1) is 21.3. The number of rotatable bonds is 9. The largest absolute Gasteiger partial charge is 0.369 e. The lowest BCUT2D eigenvalue weighted by atomic mass is 9.84. The van der Waals surface area contributed by atoms with E-state index in [1.165, 1.54) is 17.3 Å². The molecule has 11 heteroatoms. The zero-order valence-corrected chi connectivity index (χ0v) is 25.8. The third kappa shape index (κ3) is 6.30. The van der Waals surface area contributed by atoms with E-state index in [-0.39, 0.29) is 29.8 Å². The van der Waals surface area contributed by atoms with Gasteiger partial charge in [0.15, 0.2) is 6.29 Å². The Morgan fingerprint density at radius 2 is 1.77 bits per heavy atom. The van der Waals surface area contributed by atoms with Crippen molar-refractivity contribution in [3.8, 4) is 11.1 Å². The third-order valence-corrected chi connectivity index (χ3v) is 9.53. The van der Waals surface area contributed by atoms with Crippen LogP contribution in [0, 0.1) is 5.92 Å². The van der Waals surface area contributed by atoms with Crippen molar-refractivity contribution in [1.29, 1.82) is 0 Å². The zero-order valence-electron chi connectivity index (χ0n) is 25.0. The van der Waals surface area contributed by atoms with E-state index in [2.05, 4.69) is 39.2 Å². The van der Waals surface area contributed by atoms with Gasteiger partial charge in [-0.2, -0.15) is 5.10 Å². The van der Waals surface area contributed by atoms with E-state index in [0.29, 0.717) is 23.9 Å². The first-order valence-corrected chi connectivity index (χ1v) is 16.1. The number of aromatic nitrogens is 2. The lowest BCUT2D eigenvalue weighted by molar-refractivity contribution is -0.138. The van der Waals surface area contributed by atoms with Crippen molar-refractivity contribution in [3.05, 3.63) is 64.9 Å². The van der Waals surface area contributed by atoms with E-state index in [1.54, 1.807) is 6.92 Å². The Hall–Kier alpha value is -3.21. The van der Waals surface area contributed by atoms with Crippen molar-refractivity contribution in [1.82, 2.24) is 14.7 Å². The third-order valence-electron chi connectivity index (χ3n) is 9.29. The summed E-state index contributed by atoms with van der Waals surface area (Å²) in [6.07, 6.45) is 1.75. The fourth-order valence-corrected chi connectivity index (χ4v) is 6.84. The minimum absolute atomic E-state index is 0.00823. The second-order valence-corrected chi connectivity index (χ2v) is 12.4. The fraction of sp³-hybridized carbons (Fsp3) is 0.515. The average molecular weight is 628 g/mol. The molecule has 2 saturated heterocycles. The highest BCUT2D eigenvalue weighted by molar-refractivity contribution is 6.31. The van der Waals surface area contributed by atoms with E-state index >= 15 is 0 Å². The number of benzene rings is 2. The highest BCUT2D eigenvalue weighted by Gasteiger charge is 2.33. The molecule has 1 saturated carbocycles. The SMILES string of the molecule is CCOC(O)c1cnn(C2CCCN(c3cc(Cl)ccc3-c3ccc(N4CCN(C(=O)C5CCC5)CC4)cc3)C2)c1C(F)F. The Labute approximate surface area is 262 Å². The fourth-order valence-electron chi connectivity index (χ4n) is 6.67. The number of carbonyl (C=O) groups excluding carboxylic acids is 1. The van der Waals surface area contributed by atoms with Crippen molar-refractivity contribution in [3.63, 3.8) is 0 Å². The molecular formula is C33H40ClF2N5O3. The normalized spacial score (nSPS) is 20.2. The van der Waals surface area contributed by atoms with Crippen LogP contribution < -0.4 is 9.80 Å². The maximum atomic E-state index is 14.2. The van der Waals surface area contributed by atoms with E-state index < -0.39 is 12.7 Å². The topological polar surface area (TPSA) is 74.1 Å². The molecular weight excluding hydrogens is 588 g/mol. The monoisotopic (exact) mass is 627 g/mol. The van der Waals surface area contributed by atoms with Crippen molar-refractivity contribution in [2.24, 2.45) is 5.92 Å². The lowest BCUT2D eigenvalue weighted by Crippen LogP contribution is -2.51. The van der Waals surface area contributed by atoms with Crippen LogP contribution >= 0.6 is 11.6 Å². The van der Waals surface area contributed by atoms with Crippen LogP contribution in [0.25, 0.3) is 11.1 Å². The Morgan fingerprint density at radius 1 is 1.02 bits per heavy atom. The molecule has 2 aromatic carbocycles. The van der Waals surface area contributed by atoms with Gasteiger partial charge in [-0.15, -0.1) is 0 Å². The summed E-state index contributed by atoms with van der Waals surface area (Å²) in [6.45, 7) is 6.27. The van der Waals surface area contributed by atoms with Crippen LogP contribution in [0.15, 0.2) is 48.7 Å². The summed E-state index contributed by atoms with van der Waals surface area (Å²) in [4.78, 5) is 19.2. The molecule has 2 unspecified atom stereocenters. The number of nitrogens with zero attached hydrogens (tertiary/aromatic N) is 5. The highest BCUT2D eigenvalue weighted by Crippen LogP contribution is 2.39. The van der Waals surface area contributed by atoms with Gasteiger partial charge in [-0.1, -0.05) is 36.2 Å². The summed E-state index contributed by atoms with van der Waals surface area (Å²) in [7, 11) is 0. The molecule has 1 aromatic heterocycles. The van der Waals surface area contributed by atoms with Gasteiger partial charge in [0.2, 0.25) is 5.91 Å². The van der Waals surface area contributed by atoms with E-state index in [0.717, 1.165) is 74.5 Å². The summed E-state index contributed by atoms with van der Waals surface area (Å²) < 4.78 is 35.0. The predicted octanol–water partition coefficient (Wildman–Crippen LogP) is 6.46. The Bertz CT molecular complexity index is 1440. The van der Waals surface area contributed by atoms with Gasteiger partial charge in [0, 0.05) is 73.8 Å². The molecule has 0 bridgehead atoms. The number of amides is 1. The van der Waals surface area contributed by atoms with Gasteiger partial charge in [0.05, 0.1) is 17.8 Å². The number of halogens is 3. The zero-order chi connectivity index (χ0) is 30.8. The summed E-state index contributed by atoms with van der Waals surface area (Å²) in [5.41, 5.74) is 3.83. The number of hydrogen-bond acceptors (Lipinski definition) is 6. The van der Waals surface area contributed by atoms with Crippen molar-refractivity contribution in [2.75, 3.05) is 55.7 Å². The van der Waals surface area contributed by atoms with Crippen LogP contribution in [0.2, 0.25) is 5.02 Å². The average Bonchev–Trinajstić information content (AvgIpc) is 3.47. The molecule has 236 valence electrons. The van der Waals surface area contributed by atoms with E-state index in [1.807, 2.05) is 23.1 Å². The van der Waals surface area contributed by atoms with Crippen LogP contribution in [-0.4, -0.2) is 71.6 Å². The molecule has 1 aliphatic carbocycles. The molecule has 3 aliphatic rings. The van der Waals surface area contributed by atoms with Gasteiger partial charge >= 0.3 is 0 Å². The number of aliphatic hydroxyl groups is 1. The van der Waals surface area contributed by atoms with Gasteiger partial charge in [-0.3, -0.25) is 9.48 Å². The van der Waals surface area contributed by atoms with Gasteiger partial charge in [0.1, 0.15) is 5.69 Å². The summed E-state index contributed by atoms with van der Waals surface area (Å²) >= 11 is 6.49. The highest BCUT2D eigenvalue weighted by atomic mass is 35.5. The van der Waals surface area contributed by atoms with Crippen LogP contribution in [-0.2, 0) is 9.53 Å². The molecule has 3 aromatic rings. The molecule has 1 amide bonds. The lowest BCUT2D eigenvalue weighted by Gasteiger charge is -2.39. The Kier molecular flexibility index (Phi) is 9.40. The summed E-state index contributed by atoms with van der Waals surface area (Å²) in [5, 5.41) is 15.2. The second-order valence-electron chi connectivity index (χ2n) is 11.9. The molecule has 2 atom stereocenters. The predicted molar refractivity (Wildman–Crippen MR) is 167 cm³/mol. The van der Waals surface area contributed by atoms with E-state index in [4.69, 9.17) is 16.3 Å². The molecule has 8 nitrogen and oxygen atoms in total. The molecule has 1 N–H and O–H groups in total. The number of carbonyl (C=O) groups is 1. The second kappa shape index (κ2) is 13.4. The molecule has 3 fully saturated rings. The van der Waals surface area contributed by atoms with Crippen LogP contribution in [0.5, 0.6) is 0 Å². The smallest absolute Gasteiger partial charge is 0.280 e. The number of anilines is 2. The molecule has 6 rings (SSSR count). The van der Waals surface area contributed by atoms with Crippen LogP contribution in [0.4, 0.5) is 20.2 Å². The minimum atomic E-state index is -2.80. The maximum Gasteiger partial charge on any atom is 0.280 e. The number of alkyl halides is 2. The number of hydrogen-bond donors (Lipinski definition) is 1. The Morgan fingerprint density at radius 3 is 2.43 bits per heavy atom. The summed E-state index contributed by atoms with van der Waals surface area (Å²) in [5.74, 6) is 0.559. The molecule has 3 heterocycles. The van der Waals surface area contributed by atoms with Crippen molar-refractivity contribution < 1.29 is 23.4 Å². The van der Waals surface area contributed by atoms with Crippen LogP contribution in [0.3, 0.4) is 0 Å². The summed E-state index contributed by atoms with van der Waals surface area (Å²) in [6, 6.07) is 14.0. The number of aliphatic hydroxyl groups excluding tert-OH is 1. The molecule has 0 radical (unpaired) electrons. The number of ether oxygens (including phenoxy) is 1. The first-order valence-electron chi connectivity index (χ1n) is 15.7. The minimum Gasteiger partial charge on any atom is -0.369 e. The molecule has 0 spiro atoms. The number of piperidine rings is 1. The Balaban J connectivity index is 1.18. The van der Waals surface area contributed by atoms with Gasteiger partial charge in [-0.05, 0) is 62.4 Å². The van der Waals surface area contributed by atoms with Gasteiger partial charge < -0.3 is 24.5 Å². The van der Waals surface area contributed by atoms with Crippen molar-refractivity contribution >= 4 is 28.9 Å². The molecule has 44 heavy (non-hydrogen) atoms. The van der Waals surface area contributed by atoms with Crippen LogP contribution in [0.1, 0.15) is 69.0 Å². The first kappa shape index (κ1) is 30.8. The maximum absolute atomic E-state index is 14.2. The van der Waals surface area contributed by atoms with E-state index in [9.17, 15) is 18.7 Å². The standard InChI is InChI=1S/C33H40ClF2N5O3/c1-2-44-33(43)28-20-37-41(30(28)31(35)36)26-7-4-14-40(21-26)29-19-24(34)10-13-27(29)22-8-11-25(12-9-22)38-15-17-39(18-16-38)32(42)23-5-3-6-23/h8-13,19-20,23,26,31,33,43H,2-7,14-18,21H2,1H3.